The summed E-state index contributed by atoms with van der Waals surface area (Å²) in [4.78, 5) is 12.1. The summed E-state index contributed by atoms with van der Waals surface area (Å²) in [5.74, 6) is -0.191. The van der Waals surface area contributed by atoms with Crippen LogP contribution in [-0.2, 0) is 24.8 Å². The Bertz CT molecular complexity index is 591. The van der Waals surface area contributed by atoms with Gasteiger partial charge >= 0.3 is 0 Å². The van der Waals surface area contributed by atoms with Gasteiger partial charge in [-0.3, -0.25) is 9.48 Å². The molecule has 2 rings (SSSR count). The number of nitrogens with one attached hydrogen (secondary N) is 1. The molecule has 1 unspecified atom stereocenters. The lowest BCUT2D eigenvalue weighted by molar-refractivity contribution is -0.122. The van der Waals surface area contributed by atoms with Gasteiger partial charge in [-0.1, -0.05) is 31.2 Å². The van der Waals surface area contributed by atoms with Gasteiger partial charge in [0.05, 0.1) is 6.20 Å². The van der Waals surface area contributed by atoms with Gasteiger partial charge in [-0.15, -0.1) is 0 Å². The molecule has 0 bridgehead atoms. The maximum atomic E-state index is 12.1. The summed E-state index contributed by atoms with van der Waals surface area (Å²) >= 11 is 0. The van der Waals surface area contributed by atoms with Crippen molar-refractivity contribution in [2.75, 3.05) is 0 Å². The van der Waals surface area contributed by atoms with Crippen LogP contribution >= 0.6 is 0 Å². The average Bonchev–Trinajstić information content (AvgIpc) is 2.90. The number of nitrogens with two attached hydrogens (primary N) is 1. The van der Waals surface area contributed by atoms with Gasteiger partial charge in [0.1, 0.15) is 6.04 Å². The number of rotatable bonds is 5. The molecule has 2 aromatic rings. The standard InChI is InChI=1S/C15H20N4O/c1-3-11-6-4-5-7-12(11)8-17-15(20)14(16)13-9-18-19(2)10-13/h4-7,9-10,14H,3,8,16H2,1-2H3,(H,17,20). The number of aryl methyl sites for hydroxylation is 2. The molecule has 3 N–H and O–H groups in total. The zero-order valence-corrected chi connectivity index (χ0v) is 11.8. The molecule has 106 valence electrons. The third-order valence-corrected chi connectivity index (χ3v) is 3.32. The third-order valence-electron chi connectivity index (χ3n) is 3.32. The number of benzene rings is 1. The lowest BCUT2D eigenvalue weighted by Gasteiger charge is -2.12. The van der Waals surface area contributed by atoms with Crippen molar-refractivity contribution in [3.05, 3.63) is 53.3 Å². The van der Waals surface area contributed by atoms with Gasteiger partial charge in [0.15, 0.2) is 0 Å². The van der Waals surface area contributed by atoms with E-state index in [-0.39, 0.29) is 5.91 Å². The number of amides is 1. The van der Waals surface area contributed by atoms with Crippen LogP contribution in [0.2, 0.25) is 0 Å². The fourth-order valence-electron chi connectivity index (χ4n) is 2.12. The molecule has 0 saturated carbocycles. The molecule has 1 amide bonds. The van der Waals surface area contributed by atoms with Crippen molar-refractivity contribution in [1.82, 2.24) is 15.1 Å². The molecule has 20 heavy (non-hydrogen) atoms. The Kier molecular flexibility index (Phi) is 4.53. The van der Waals surface area contributed by atoms with Crippen LogP contribution in [0, 0.1) is 0 Å². The molecule has 5 nitrogen and oxygen atoms in total. The van der Waals surface area contributed by atoms with Crippen LogP contribution in [0.25, 0.3) is 0 Å². The van der Waals surface area contributed by atoms with Crippen LogP contribution in [0.1, 0.15) is 29.7 Å². The first-order valence-electron chi connectivity index (χ1n) is 6.70. The molecule has 0 aliphatic rings. The Balaban J connectivity index is 1.98. The predicted molar refractivity (Wildman–Crippen MR) is 77.8 cm³/mol. The molecule has 0 saturated heterocycles. The van der Waals surface area contributed by atoms with E-state index in [1.54, 1.807) is 24.1 Å². The monoisotopic (exact) mass is 272 g/mol. The maximum absolute atomic E-state index is 12.1. The molecule has 5 heteroatoms. The molecule has 1 aromatic heterocycles. The maximum Gasteiger partial charge on any atom is 0.241 e. The van der Waals surface area contributed by atoms with E-state index in [0.29, 0.717) is 12.1 Å². The highest BCUT2D eigenvalue weighted by atomic mass is 16.2. The minimum Gasteiger partial charge on any atom is -0.350 e. The largest absolute Gasteiger partial charge is 0.350 e. The number of hydrogen-bond acceptors (Lipinski definition) is 3. The second-order valence-electron chi connectivity index (χ2n) is 4.77. The topological polar surface area (TPSA) is 72.9 Å². The first-order chi connectivity index (χ1) is 9.61. The number of carbonyl (C=O) groups excluding carboxylic acids is 1. The lowest BCUT2D eigenvalue weighted by atomic mass is 10.1. The van der Waals surface area contributed by atoms with Gasteiger partial charge in [0.2, 0.25) is 5.91 Å². The smallest absolute Gasteiger partial charge is 0.241 e. The predicted octanol–water partition coefficient (Wildman–Crippen LogP) is 1.30. The summed E-state index contributed by atoms with van der Waals surface area (Å²) in [5, 5.41) is 6.90. The number of nitrogens with zero attached hydrogens (tertiary/aromatic N) is 2. The number of aromatic nitrogens is 2. The second-order valence-corrected chi connectivity index (χ2v) is 4.77. The molecule has 1 heterocycles. The zero-order chi connectivity index (χ0) is 14.5. The Labute approximate surface area is 118 Å². The Morgan fingerprint density at radius 2 is 2.10 bits per heavy atom. The van der Waals surface area contributed by atoms with E-state index in [1.165, 1.54) is 5.56 Å². The van der Waals surface area contributed by atoms with Gasteiger partial charge in [0.25, 0.3) is 0 Å². The molecule has 0 radical (unpaired) electrons. The van der Waals surface area contributed by atoms with Gasteiger partial charge in [0, 0.05) is 25.4 Å². The fourth-order valence-corrected chi connectivity index (χ4v) is 2.12. The summed E-state index contributed by atoms with van der Waals surface area (Å²) in [7, 11) is 1.80. The van der Waals surface area contributed by atoms with Gasteiger partial charge in [-0.2, -0.15) is 5.10 Å². The van der Waals surface area contributed by atoms with Crippen molar-refractivity contribution >= 4 is 5.91 Å². The van der Waals surface area contributed by atoms with Crippen molar-refractivity contribution in [2.24, 2.45) is 12.8 Å². The minimum absolute atomic E-state index is 0.191. The summed E-state index contributed by atoms with van der Waals surface area (Å²) in [5.41, 5.74) is 9.00. The fraction of sp³-hybridized carbons (Fsp3) is 0.333. The van der Waals surface area contributed by atoms with E-state index in [0.717, 1.165) is 12.0 Å². The Morgan fingerprint density at radius 1 is 1.40 bits per heavy atom. The van der Waals surface area contributed by atoms with Crippen molar-refractivity contribution in [1.29, 1.82) is 0 Å². The van der Waals surface area contributed by atoms with Gasteiger partial charge < -0.3 is 11.1 Å². The molecular weight excluding hydrogens is 252 g/mol. The Morgan fingerprint density at radius 3 is 2.70 bits per heavy atom. The lowest BCUT2D eigenvalue weighted by Crippen LogP contribution is -2.33. The van der Waals surface area contributed by atoms with E-state index in [4.69, 9.17) is 5.73 Å². The highest BCUT2D eigenvalue weighted by molar-refractivity contribution is 5.82. The molecule has 0 aliphatic carbocycles. The molecular formula is C15H20N4O. The summed E-state index contributed by atoms with van der Waals surface area (Å²) in [6, 6.07) is 7.39. The van der Waals surface area contributed by atoms with E-state index in [1.807, 2.05) is 18.2 Å². The number of hydrogen-bond donors (Lipinski definition) is 2. The average molecular weight is 272 g/mol. The summed E-state index contributed by atoms with van der Waals surface area (Å²) in [6.45, 7) is 2.60. The minimum atomic E-state index is -0.683. The van der Waals surface area contributed by atoms with Crippen LogP contribution in [0.15, 0.2) is 36.7 Å². The van der Waals surface area contributed by atoms with E-state index >= 15 is 0 Å². The van der Waals surface area contributed by atoms with E-state index in [2.05, 4.69) is 23.4 Å². The molecule has 0 aliphatic heterocycles. The summed E-state index contributed by atoms with van der Waals surface area (Å²) < 4.78 is 1.63. The molecule has 0 fully saturated rings. The SMILES string of the molecule is CCc1ccccc1CNC(=O)C(N)c1cnn(C)c1. The highest BCUT2D eigenvalue weighted by Gasteiger charge is 2.17. The first kappa shape index (κ1) is 14.3. The van der Waals surface area contributed by atoms with Crippen LogP contribution in [-0.4, -0.2) is 15.7 Å². The third kappa shape index (κ3) is 3.24. The van der Waals surface area contributed by atoms with Crippen molar-refractivity contribution in [3.63, 3.8) is 0 Å². The van der Waals surface area contributed by atoms with Crippen LogP contribution in [0.5, 0.6) is 0 Å². The molecule has 1 atom stereocenters. The molecule has 1 aromatic carbocycles. The van der Waals surface area contributed by atoms with Gasteiger partial charge in [-0.25, -0.2) is 0 Å². The van der Waals surface area contributed by atoms with E-state index in [9.17, 15) is 4.79 Å². The van der Waals surface area contributed by atoms with Gasteiger partial charge in [-0.05, 0) is 17.5 Å². The van der Waals surface area contributed by atoms with Crippen LogP contribution < -0.4 is 11.1 Å². The van der Waals surface area contributed by atoms with Crippen molar-refractivity contribution < 1.29 is 4.79 Å². The van der Waals surface area contributed by atoms with E-state index < -0.39 is 6.04 Å². The van der Waals surface area contributed by atoms with Crippen LogP contribution in [0.4, 0.5) is 0 Å². The first-order valence-corrected chi connectivity index (χ1v) is 6.70. The highest BCUT2D eigenvalue weighted by Crippen LogP contribution is 2.11. The van der Waals surface area contributed by atoms with Crippen LogP contribution in [0.3, 0.4) is 0 Å². The van der Waals surface area contributed by atoms with Crippen molar-refractivity contribution in [3.8, 4) is 0 Å². The normalized spacial score (nSPS) is 12.2. The number of carbonyl (C=O) groups is 1. The summed E-state index contributed by atoms with van der Waals surface area (Å²) in [6.07, 6.45) is 4.31. The van der Waals surface area contributed by atoms with Crippen molar-refractivity contribution in [2.45, 2.75) is 25.9 Å². The Hall–Kier alpha value is -2.14. The second kappa shape index (κ2) is 6.34. The molecule has 0 spiro atoms. The quantitative estimate of drug-likeness (QED) is 0.861. The zero-order valence-electron chi connectivity index (χ0n) is 11.8.